The summed E-state index contributed by atoms with van der Waals surface area (Å²) >= 11 is 0. The summed E-state index contributed by atoms with van der Waals surface area (Å²) in [6.45, 7) is 3.07. The SMILES string of the molecule is COc1ccccc1CN1C=CN(C)C1C. The summed E-state index contributed by atoms with van der Waals surface area (Å²) < 4.78 is 5.35. The molecule has 0 saturated carbocycles. The zero-order valence-electron chi connectivity index (χ0n) is 10.1. The van der Waals surface area contributed by atoms with Crippen molar-refractivity contribution in [3.05, 3.63) is 42.2 Å². The molecule has 0 N–H and O–H groups in total. The van der Waals surface area contributed by atoms with Crippen LogP contribution in [0.5, 0.6) is 5.75 Å². The van der Waals surface area contributed by atoms with Crippen molar-refractivity contribution >= 4 is 0 Å². The maximum Gasteiger partial charge on any atom is 0.123 e. The van der Waals surface area contributed by atoms with Crippen LogP contribution in [-0.4, -0.2) is 30.1 Å². The molecule has 0 radical (unpaired) electrons. The number of hydrogen-bond acceptors (Lipinski definition) is 3. The minimum Gasteiger partial charge on any atom is -0.496 e. The topological polar surface area (TPSA) is 15.7 Å². The van der Waals surface area contributed by atoms with Gasteiger partial charge >= 0.3 is 0 Å². The summed E-state index contributed by atoms with van der Waals surface area (Å²) in [5, 5.41) is 0. The molecule has 0 amide bonds. The lowest BCUT2D eigenvalue weighted by atomic mass is 10.2. The van der Waals surface area contributed by atoms with E-state index in [4.69, 9.17) is 4.74 Å². The van der Waals surface area contributed by atoms with Crippen molar-refractivity contribution < 1.29 is 4.74 Å². The molecule has 1 aromatic rings. The monoisotopic (exact) mass is 218 g/mol. The first-order valence-corrected chi connectivity index (χ1v) is 5.50. The molecule has 86 valence electrons. The van der Waals surface area contributed by atoms with E-state index in [0.29, 0.717) is 6.17 Å². The van der Waals surface area contributed by atoms with Gasteiger partial charge in [0.05, 0.1) is 13.3 Å². The molecule has 3 heteroatoms. The average Bonchev–Trinajstić information content (AvgIpc) is 2.62. The molecule has 2 rings (SSSR count). The third-order valence-electron chi connectivity index (χ3n) is 3.11. The van der Waals surface area contributed by atoms with Crippen LogP contribution in [0.4, 0.5) is 0 Å². The van der Waals surface area contributed by atoms with Gasteiger partial charge in [0.2, 0.25) is 0 Å². The quantitative estimate of drug-likeness (QED) is 0.774. The van der Waals surface area contributed by atoms with Crippen molar-refractivity contribution in [2.24, 2.45) is 0 Å². The third-order valence-corrected chi connectivity index (χ3v) is 3.11. The highest BCUT2D eigenvalue weighted by Gasteiger charge is 2.19. The highest BCUT2D eigenvalue weighted by atomic mass is 16.5. The number of benzene rings is 1. The fraction of sp³-hybridized carbons (Fsp3) is 0.385. The summed E-state index contributed by atoms with van der Waals surface area (Å²) in [7, 11) is 3.80. The average molecular weight is 218 g/mol. The van der Waals surface area contributed by atoms with Crippen molar-refractivity contribution in [2.45, 2.75) is 19.6 Å². The molecular formula is C13H18N2O. The van der Waals surface area contributed by atoms with Gasteiger partial charge in [0.15, 0.2) is 0 Å². The minimum absolute atomic E-state index is 0.407. The molecule has 1 aliphatic heterocycles. The molecule has 0 fully saturated rings. The number of rotatable bonds is 3. The van der Waals surface area contributed by atoms with Gasteiger partial charge in [0.1, 0.15) is 5.75 Å². The van der Waals surface area contributed by atoms with Gasteiger partial charge in [-0.1, -0.05) is 18.2 Å². The molecule has 0 aliphatic carbocycles. The van der Waals surface area contributed by atoms with Crippen LogP contribution in [0.2, 0.25) is 0 Å². The Morgan fingerprint density at radius 2 is 2.00 bits per heavy atom. The lowest BCUT2D eigenvalue weighted by molar-refractivity contribution is 0.187. The molecule has 1 atom stereocenters. The Morgan fingerprint density at radius 3 is 2.62 bits per heavy atom. The molecule has 0 spiro atoms. The lowest BCUT2D eigenvalue weighted by Gasteiger charge is -2.27. The van der Waals surface area contributed by atoms with Crippen molar-refractivity contribution in [3.63, 3.8) is 0 Å². The van der Waals surface area contributed by atoms with E-state index in [9.17, 15) is 0 Å². The van der Waals surface area contributed by atoms with Crippen LogP contribution in [0.1, 0.15) is 12.5 Å². The van der Waals surface area contributed by atoms with Gasteiger partial charge < -0.3 is 14.5 Å². The molecule has 1 aromatic carbocycles. The summed E-state index contributed by atoms with van der Waals surface area (Å²) in [6.07, 6.45) is 4.63. The van der Waals surface area contributed by atoms with E-state index in [1.165, 1.54) is 5.56 Å². The fourth-order valence-electron chi connectivity index (χ4n) is 1.89. The van der Waals surface area contributed by atoms with Gasteiger partial charge in [-0.25, -0.2) is 0 Å². The minimum atomic E-state index is 0.407. The number of para-hydroxylation sites is 1. The van der Waals surface area contributed by atoms with Crippen LogP contribution >= 0.6 is 0 Å². The lowest BCUT2D eigenvalue weighted by Crippen LogP contribution is -2.33. The molecule has 0 saturated heterocycles. The van der Waals surface area contributed by atoms with Crippen LogP contribution in [-0.2, 0) is 6.54 Å². The predicted octanol–water partition coefficient (Wildman–Crippen LogP) is 2.26. The van der Waals surface area contributed by atoms with Crippen molar-refractivity contribution in [3.8, 4) is 5.75 Å². The largest absolute Gasteiger partial charge is 0.496 e. The molecule has 0 bridgehead atoms. The van der Waals surface area contributed by atoms with Gasteiger partial charge in [-0.05, 0) is 13.0 Å². The van der Waals surface area contributed by atoms with E-state index >= 15 is 0 Å². The smallest absolute Gasteiger partial charge is 0.123 e. The van der Waals surface area contributed by atoms with E-state index < -0.39 is 0 Å². The Balaban J connectivity index is 2.12. The summed E-state index contributed by atoms with van der Waals surface area (Å²) in [5.74, 6) is 0.956. The summed E-state index contributed by atoms with van der Waals surface area (Å²) in [5.41, 5.74) is 1.22. The fourth-order valence-corrected chi connectivity index (χ4v) is 1.89. The third kappa shape index (κ3) is 1.98. The second-order valence-corrected chi connectivity index (χ2v) is 4.08. The van der Waals surface area contributed by atoms with Crippen molar-refractivity contribution in [2.75, 3.05) is 14.2 Å². The highest BCUT2D eigenvalue weighted by molar-refractivity contribution is 5.33. The van der Waals surface area contributed by atoms with Gasteiger partial charge in [-0.15, -0.1) is 0 Å². The second kappa shape index (κ2) is 4.47. The number of hydrogen-bond donors (Lipinski definition) is 0. The van der Waals surface area contributed by atoms with Crippen LogP contribution in [0.15, 0.2) is 36.7 Å². The van der Waals surface area contributed by atoms with Gasteiger partial charge in [0.25, 0.3) is 0 Å². The first-order valence-electron chi connectivity index (χ1n) is 5.50. The standard InChI is InChI=1S/C13H18N2O/c1-11-14(2)8-9-15(11)10-12-6-4-5-7-13(12)16-3/h4-9,11H,10H2,1-3H3. The van der Waals surface area contributed by atoms with Crippen LogP contribution in [0, 0.1) is 0 Å². The second-order valence-electron chi connectivity index (χ2n) is 4.08. The Hall–Kier alpha value is -1.64. The number of nitrogens with zero attached hydrogens (tertiary/aromatic N) is 2. The zero-order chi connectivity index (χ0) is 11.5. The maximum atomic E-state index is 5.35. The molecule has 16 heavy (non-hydrogen) atoms. The molecule has 0 aromatic heterocycles. The Morgan fingerprint density at radius 1 is 1.25 bits per heavy atom. The van der Waals surface area contributed by atoms with Crippen LogP contribution in [0.25, 0.3) is 0 Å². The molecule has 1 unspecified atom stereocenters. The Bertz CT molecular complexity index is 389. The molecular weight excluding hydrogens is 200 g/mol. The highest BCUT2D eigenvalue weighted by Crippen LogP contribution is 2.23. The Kier molecular flexibility index (Phi) is 3.04. The first-order chi connectivity index (χ1) is 7.72. The van der Waals surface area contributed by atoms with E-state index in [1.54, 1.807) is 7.11 Å². The zero-order valence-corrected chi connectivity index (χ0v) is 10.1. The molecule has 1 aliphatic rings. The van der Waals surface area contributed by atoms with Gasteiger partial charge in [0, 0.05) is 31.6 Å². The van der Waals surface area contributed by atoms with E-state index in [-0.39, 0.29) is 0 Å². The number of methoxy groups -OCH3 is 1. The predicted molar refractivity (Wildman–Crippen MR) is 64.9 cm³/mol. The van der Waals surface area contributed by atoms with Crippen LogP contribution in [0.3, 0.4) is 0 Å². The van der Waals surface area contributed by atoms with Gasteiger partial charge in [-0.2, -0.15) is 0 Å². The summed E-state index contributed by atoms with van der Waals surface area (Å²) in [4.78, 5) is 4.48. The van der Waals surface area contributed by atoms with Crippen molar-refractivity contribution in [1.82, 2.24) is 9.80 Å². The first kappa shape index (κ1) is 10.9. The van der Waals surface area contributed by atoms with Gasteiger partial charge in [-0.3, -0.25) is 0 Å². The van der Waals surface area contributed by atoms with E-state index in [0.717, 1.165) is 12.3 Å². The molecule has 3 nitrogen and oxygen atoms in total. The van der Waals surface area contributed by atoms with E-state index in [2.05, 4.69) is 42.2 Å². The maximum absolute atomic E-state index is 5.35. The molecule has 1 heterocycles. The van der Waals surface area contributed by atoms with Crippen molar-refractivity contribution in [1.29, 1.82) is 0 Å². The normalized spacial score (nSPS) is 19.3. The van der Waals surface area contributed by atoms with E-state index in [1.807, 2.05) is 18.2 Å². The Labute approximate surface area is 96.9 Å². The number of ether oxygens (including phenoxy) is 1. The van der Waals surface area contributed by atoms with Crippen LogP contribution < -0.4 is 4.74 Å². The summed E-state index contributed by atoms with van der Waals surface area (Å²) in [6, 6.07) is 8.16.